The molecule has 21 heavy (non-hydrogen) atoms. The van der Waals surface area contributed by atoms with Crippen molar-refractivity contribution in [2.45, 2.75) is 19.4 Å². The highest BCUT2D eigenvalue weighted by atomic mass is 35.5. The van der Waals surface area contributed by atoms with Crippen LogP contribution in [0.1, 0.15) is 24.1 Å². The number of hydrogen-bond donors (Lipinski definition) is 1. The van der Waals surface area contributed by atoms with Gasteiger partial charge < -0.3 is 10.1 Å². The summed E-state index contributed by atoms with van der Waals surface area (Å²) in [6, 6.07) is 14.0. The first-order valence-electron chi connectivity index (χ1n) is 6.92. The Labute approximate surface area is 136 Å². The predicted molar refractivity (Wildman–Crippen MR) is 89.6 cm³/mol. The van der Waals surface area contributed by atoms with Crippen LogP contribution >= 0.6 is 23.2 Å². The van der Waals surface area contributed by atoms with Gasteiger partial charge in [0.1, 0.15) is 5.75 Å². The van der Waals surface area contributed by atoms with Crippen molar-refractivity contribution in [1.29, 1.82) is 0 Å². The lowest BCUT2D eigenvalue weighted by atomic mass is 10.1. The Morgan fingerprint density at radius 1 is 1.14 bits per heavy atom. The van der Waals surface area contributed by atoms with Crippen LogP contribution in [-0.4, -0.2) is 13.7 Å². The topological polar surface area (TPSA) is 21.3 Å². The smallest absolute Gasteiger partial charge is 0.119 e. The Hall–Kier alpha value is -1.22. The number of benzene rings is 2. The standard InChI is InChI=1S/C17H19Cl2NO/c1-12(15-7-4-8-16(18)17(15)19)20-10-9-13-5-3-6-14(11-13)21-2/h3-8,11-12,20H,9-10H2,1-2H3. The molecule has 0 saturated heterocycles. The van der Waals surface area contributed by atoms with E-state index < -0.39 is 0 Å². The van der Waals surface area contributed by atoms with E-state index in [1.165, 1.54) is 5.56 Å². The van der Waals surface area contributed by atoms with Gasteiger partial charge in [0.15, 0.2) is 0 Å². The Morgan fingerprint density at radius 3 is 2.67 bits per heavy atom. The van der Waals surface area contributed by atoms with Crippen molar-refractivity contribution in [3.05, 3.63) is 63.6 Å². The Balaban J connectivity index is 1.92. The van der Waals surface area contributed by atoms with Crippen LogP contribution in [0, 0.1) is 0 Å². The second-order valence-corrected chi connectivity index (χ2v) is 5.71. The van der Waals surface area contributed by atoms with Gasteiger partial charge in [-0.3, -0.25) is 0 Å². The lowest BCUT2D eigenvalue weighted by Gasteiger charge is -2.16. The fourth-order valence-corrected chi connectivity index (χ4v) is 2.70. The zero-order valence-corrected chi connectivity index (χ0v) is 13.7. The molecule has 0 aromatic heterocycles. The molecule has 0 saturated carbocycles. The van der Waals surface area contributed by atoms with Crippen LogP contribution in [0.5, 0.6) is 5.75 Å². The second kappa shape index (κ2) is 7.69. The molecule has 0 aliphatic carbocycles. The number of methoxy groups -OCH3 is 1. The minimum absolute atomic E-state index is 0.154. The van der Waals surface area contributed by atoms with Crippen molar-refractivity contribution >= 4 is 23.2 Å². The van der Waals surface area contributed by atoms with Crippen LogP contribution < -0.4 is 10.1 Å². The van der Waals surface area contributed by atoms with Crippen molar-refractivity contribution in [3.8, 4) is 5.75 Å². The minimum atomic E-state index is 0.154. The molecule has 0 fully saturated rings. The molecule has 1 atom stereocenters. The number of hydrogen-bond acceptors (Lipinski definition) is 2. The number of rotatable bonds is 6. The van der Waals surface area contributed by atoms with E-state index in [-0.39, 0.29) is 6.04 Å². The molecule has 0 aliphatic rings. The summed E-state index contributed by atoms with van der Waals surface area (Å²) >= 11 is 12.3. The molecule has 4 heteroatoms. The van der Waals surface area contributed by atoms with Gasteiger partial charge in [-0.1, -0.05) is 47.5 Å². The first kappa shape index (κ1) is 16.2. The third kappa shape index (κ3) is 4.37. The van der Waals surface area contributed by atoms with Crippen LogP contribution in [0.4, 0.5) is 0 Å². The van der Waals surface area contributed by atoms with E-state index in [9.17, 15) is 0 Å². The summed E-state index contributed by atoms with van der Waals surface area (Å²) in [4.78, 5) is 0. The predicted octanol–water partition coefficient (Wildman–Crippen LogP) is 4.90. The molecule has 112 valence electrons. The lowest BCUT2D eigenvalue weighted by molar-refractivity contribution is 0.414. The molecule has 2 aromatic rings. The largest absolute Gasteiger partial charge is 0.497 e. The third-order valence-electron chi connectivity index (χ3n) is 3.45. The molecule has 2 rings (SSSR count). The zero-order valence-electron chi connectivity index (χ0n) is 12.2. The summed E-state index contributed by atoms with van der Waals surface area (Å²) in [5.41, 5.74) is 2.26. The van der Waals surface area contributed by atoms with Gasteiger partial charge in [0.2, 0.25) is 0 Å². The van der Waals surface area contributed by atoms with Crippen molar-refractivity contribution in [2.24, 2.45) is 0 Å². The van der Waals surface area contributed by atoms with Gasteiger partial charge in [-0.2, -0.15) is 0 Å². The van der Waals surface area contributed by atoms with Crippen molar-refractivity contribution in [2.75, 3.05) is 13.7 Å². The highest BCUT2D eigenvalue weighted by Crippen LogP contribution is 2.29. The second-order valence-electron chi connectivity index (χ2n) is 4.92. The molecule has 0 aliphatic heterocycles. The summed E-state index contributed by atoms with van der Waals surface area (Å²) in [5, 5.41) is 4.69. The number of ether oxygens (including phenoxy) is 1. The fourth-order valence-electron chi connectivity index (χ4n) is 2.23. The van der Waals surface area contributed by atoms with Gasteiger partial charge in [-0.05, 0) is 49.2 Å². The average molecular weight is 324 g/mol. The molecule has 1 N–H and O–H groups in total. The normalized spacial score (nSPS) is 12.2. The number of nitrogens with one attached hydrogen (secondary N) is 1. The van der Waals surface area contributed by atoms with E-state index in [0.29, 0.717) is 10.0 Å². The summed E-state index contributed by atoms with van der Waals surface area (Å²) < 4.78 is 5.23. The van der Waals surface area contributed by atoms with Crippen molar-refractivity contribution in [1.82, 2.24) is 5.32 Å². The SMILES string of the molecule is COc1cccc(CCNC(C)c2cccc(Cl)c2Cl)c1. The van der Waals surface area contributed by atoms with E-state index in [2.05, 4.69) is 24.4 Å². The van der Waals surface area contributed by atoms with Gasteiger partial charge in [0, 0.05) is 6.04 Å². The van der Waals surface area contributed by atoms with Gasteiger partial charge in [-0.15, -0.1) is 0 Å². The van der Waals surface area contributed by atoms with Gasteiger partial charge in [0.05, 0.1) is 17.2 Å². The maximum atomic E-state index is 6.24. The molecule has 2 nitrogen and oxygen atoms in total. The summed E-state index contributed by atoms with van der Waals surface area (Å²) in [6.07, 6.45) is 0.930. The molecule has 0 amide bonds. The first-order chi connectivity index (χ1) is 10.1. The van der Waals surface area contributed by atoms with E-state index in [0.717, 1.165) is 24.3 Å². The van der Waals surface area contributed by atoms with Crippen LogP contribution in [0.3, 0.4) is 0 Å². The van der Waals surface area contributed by atoms with Crippen LogP contribution in [0.2, 0.25) is 10.0 Å². The quantitative estimate of drug-likeness (QED) is 0.816. The maximum absolute atomic E-state index is 6.24. The van der Waals surface area contributed by atoms with Crippen LogP contribution in [-0.2, 0) is 6.42 Å². The first-order valence-corrected chi connectivity index (χ1v) is 7.67. The molecule has 0 radical (unpaired) electrons. The average Bonchev–Trinajstić information content (AvgIpc) is 2.50. The summed E-state index contributed by atoms with van der Waals surface area (Å²) in [5.74, 6) is 0.887. The molecule has 0 bridgehead atoms. The number of halogens is 2. The van der Waals surface area contributed by atoms with Gasteiger partial charge in [-0.25, -0.2) is 0 Å². The Kier molecular flexibility index (Phi) is 5.92. The molecular weight excluding hydrogens is 305 g/mol. The third-order valence-corrected chi connectivity index (χ3v) is 4.28. The molecule has 0 heterocycles. The Bertz CT molecular complexity index is 601. The minimum Gasteiger partial charge on any atom is -0.497 e. The highest BCUT2D eigenvalue weighted by molar-refractivity contribution is 6.42. The molecular formula is C17H19Cl2NO. The summed E-state index contributed by atoms with van der Waals surface area (Å²) in [7, 11) is 1.68. The zero-order chi connectivity index (χ0) is 15.2. The molecule has 2 aromatic carbocycles. The van der Waals surface area contributed by atoms with Gasteiger partial charge >= 0.3 is 0 Å². The summed E-state index contributed by atoms with van der Waals surface area (Å²) in [6.45, 7) is 2.94. The molecule has 1 unspecified atom stereocenters. The monoisotopic (exact) mass is 323 g/mol. The van der Waals surface area contributed by atoms with E-state index in [1.54, 1.807) is 13.2 Å². The van der Waals surface area contributed by atoms with E-state index >= 15 is 0 Å². The fraction of sp³-hybridized carbons (Fsp3) is 0.294. The van der Waals surface area contributed by atoms with Gasteiger partial charge in [0.25, 0.3) is 0 Å². The van der Waals surface area contributed by atoms with E-state index in [4.69, 9.17) is 27.9 Å². The lowest BCUT2D eigenvalue weighted by Crippen LogP contribution is -2.21. The molecule has 0 spiro atoms. The van der Waals surface area contributed by atoms with Crippen LogP contribution in [0.15, 0.2) is 42.5 Å². The van der Waals surface area contributed by atoms with E-state index in [1.807, 2.05) is 24.3 Å². The maximum Gasteiger partial charge on any atom is 0.119 e. The van der Waals surface area contributed by atoms with Crippen molar-refractivity contribution in [3.63, 3.8) is 0 Å². The Morgan fingerprint density at radius 2 is 1.90 bits per heavy atom. The van der Waals surface area contributed by atoms with Crippen LogP contribution in [0.25, 0.3) is 0 Å². The highest BCUT2D eigenvalue weighted by Gasteiger charge is 2.11. The van der Waals surface area contributed by atoms with Crippen molar-refractivity contribution < 1.29 is 4.74 Å².